The summed E-state index contributed by atoms with van der Waals surface area (Å²) >= 11 is 1.43. The number of carbonyl (C=O) groups is 2. The molecule has 0 saturated carbocycles. The van der Waals surface area contributed by atoms with Crippen LogP contribution in [0.25, 0.3) is 0 Å². The fourth-order valence-electron chi connectivity index (χ4n) is 3.11. The van der Waals surface area contributed by atoms with Crippen molar-refractivity contribution >= 4 is 41.2 Å². The minimum Gasteiger partial charge on any atom is -0.336 e. The minimum atomic E-state index is -0.256. The molecule has 6 nitrogen and oxygen atoms in total. The molecule has 1 unspecified atom stereocenters. The normalized spacial score (nSPS) is 16.5. The highest BCUT2D eigenvalue weighted by atomic mass is 35.5. The summed E-state index contributed by atoms with van der Waals surface area (Å²) in [4.78, 5) is 31.1. The summed E-state index contributed by atoms with van der Waals surface area (Å²) in [5.41, 5.74) is 7.19. The van der Waals surface area contributed by atoms with Gasteiger partial charge in [0, 0.05) is 35.6 Å². The number of nitrogens with one attached hydrogen (secondary N) is 1. The highest BCUT2D eigenvalue weighted by molar-refractivity contribution is 7.09. The molecule has 27 heavy (non-hydrogen) atoms. The number of rotatable bonds is 5. The summed E-state index contributed by atoms with van der Waals surface area (Å²) in [7, 11) is 0. The minimum absolute atomic E-state index is 0. The lowest BCUT2D eigenvalue weighted by Gasteiger charge is -2.33. The molecule has 1 fully saturated rings. The van der Waals surface area contributed by atoms with Crippen LogP contribution in [0.1, 0.15) is 52.0 Å². The molecule has 1 saturated heterocycles. The highest BCUT2D eigenvalue weighted by Gasteiger charge is 2.24. The van der Waals surface area contributed by atoms with E-state index >= 15 is 0 Å². The van der Waals surface area contributed by atoms with Crippen LogP contribution in [0.3, 0.4) is 0 Å². The van der Waals surface area contributed by atoms with Crippen molar-refractivity contribution in [1.82, 2.24) is 9.88 Å². The molecular weight excluding hydrogens is 384 g/mol. The van der Waals surface area contributed by atoms with Gasteiger partial charge in [0.05, 0.1) is 5.01 Å². The maximum absolute atomic E-state index is 12.6. The Labute approximate surface area is 169 Å². The first-order chi connectivity index (χ1) is 12.6. The zero-order valence-corrected chi connectivity index (χ0v) is 16.9. The van der Waals surface area contributed by atoms with Crippen LogP contribution < -0.4 is 11.1 Å². The number of nitrogens with zero attached hydrogens (tertiary/aromatic N) is 2. The largest absolute Gasteiger partial charge is 0.336 e. The Hall–Kier alpha value is -1.96. The maximum atomic E-state index is 12.6. The fraction of sp³-hybridized carbons (Fsp3) is 0.421. The SMILES string of the molecule is CC1CCCCN1C(=O)c1ccc(NC(=O)c2csc(CCN)n2)cc1.Cl. The second-order valence-electron chi connectivity index (χ2n) is 6.54. The predicted octanol–water partition coefficient (Wildman–Crippen LogP) is 3.33. The van der Waals surface area contributed by atoms with E-state index < -0.39 is 0 Å². The number of benzene rings is 1. The molecule has 0 spiro atoms. The van der Waals surface area contributed by atoms with Crippen molar-refractivity contribution in [3.8, 4) is 0 Å². The van der Waals surface area contributed by atoms with E-state index in [1.807, 2.05) is 4.90 Å². The van der Waals surface area contributed by atoms with Crippen LogP contribution >= 0.6 is 23.7 Å². The molecule has 8 heteroatoms. The number of hydrogen-bond donors (Lipinski definition) is 2. The number of likely N-dealkylation sites (tertiary alicyclic amines) is 1. The number of piperidine rings is 1. The number of carbonyl (C=O) groups excluding carboxylic acids is 2. The van der Waals surface area contributed by atoms with Crippen molar-refractivity contribution in [3.63, 3.8) is 0 Å². The Balaban J connectivity index is 0.00000261. The zero-order chi connectivity index (χ0) is 18.5. The number of nitrogens with two attached hydrogens (primary N) is 1. The van der Waals surface area contributed by atoms with Crippen LogP contribution in [-0.2, 0) is 6.42 Å². The molecule has 1 atom stereocenters. The predicted molar refractivity (Wildman–Crippen MR) is 111 cm³/mol. The Morgan fingerprint density at radius 2 is 2.04 bits per heavy atom. The van der Waals surface area contributed by atoms with Gasteiger partial charge in [0.1, 0.15) is 5.69 Å². The number of anilines is 1. The van der Waals surface area contributed by atoms with Gasteiger partial charge in [0.15, 0.2) is 0 Å². The standard InChI is InChI=1S/C19H24N4O2S.ClH/c1-13-4-2-3-11-23(13)19(25)14-5-7-15(8-6-14)21-18(24)16-12-26-17(22-16)9-10-20;/h5-8,12-13H,2-4,9-11,20H2,1H3,(H,21,24);1H. The average Bonchev–Trinajstić information content (AvgIpc) is 3.11. The van der Waals surface area contributed by atoms with Crippen molar-refractivity contribution in [1.29, 1.82) is 0 Å². The summed E-state index contributed by atoms with van der Waals surface area (Å²) < 4.78 is 0. The van der Waals surface area contributed by atoms with Crippen LogP contribution in [0.4, 0.5) is 5.69 Å². The molecule has 2 amide bonds. The summed E-state index contributed by atoms with van der Waals surface area (Å²) in [6.45, 7) is 3.42. The van der Waals surface area contributed by atoms with Crippen LogP contribution in [0.2, 0.25) is 0 Å². The fourth-order valence-corrected chi connectivity index (χ4v) is 3.90. The van der Waals surface area contributed by atoms with Crippen LogP contribution in [0.15, 0.2) is 29.6 Å². The van der Waals surface area contributed by atoms with Gasteiger partial charge in [-0.2, -0.15) is 0 Å². The van der Waals surface area contributed by atoms with Gasteiger partial charge in [-0.1, -0.05) is 0 Å². The van der Waals surface area contributed by atoms with Crippen molar-refractivity contribution in [2.75, 3.05) is 18.4 Å². The van der Waals surface area contributed by atoms with E-state index in [1.54, 1.807) is 29.6 Å². The first-order valence-corrected chi connectivity index (χ1v) is 9.83. The van der Waals surface area contributed by atoms with Gasteiger partial charge in [-0.05, 0) is 57.0 Å². The summed E-state index contributed by atoms with van der Waals surface area (Å²) in [6, 6.07) is 7.32. The van der Waals surface area contributed by atoms with E-state index in [0.29, 0.717) is 29.9 Å². The van der Waals surface area contributed by atoms with E-state index in [0.717, 1.165) is 24.4 Å². The molecule has 3 N–H and O–H groups in total. The third kappa shape index (κ3) is 5.28. The molecule has 146 valence electrons. The third-order valence-corrected chi connectivity index (χ3v) is 5.50. The second kappa shape index (κ2) is 9.82. The number of amides is 2. The van der Waals surface area contributed by atoms with Crippen molar-refractivity contribution in [2.45, 2.75) is 38.6 Å². The Morgan fingerprint density at radius 1 is 1.30 bits per heavy atom. The van der Waals surface area contributed by atoms with Crippen molar-refractivity contribution < 1.29 is 9.59 Å². The Bertz CT molecular complexity index is 778. The zero-order valence-electron chi connectivity index (χ0n) is 15.3. The van der Waals surface area contributed by atoms with E-state index in [1.165, 1.54) is 17.8 Å². The topological polar surface area (TPSA) is 88.3 Å². The highest BCUT2D eigenvalue weighted by Crippen LogP contribution is 2.20. The van der Waals surface area contributed by atoms with Gasteiger partial charge < -0.3 is 16.0 Å². The molecule has 1 aromatic heterocycles. The molecule has 0 aliphatic carbocycles. The van der Waals surface area contributed by atoms with Gasteiger partial charge in [-0.25, -0.2) is 4.98 Å². The van der Waals surface area contributed by atoms with Gasteiger partial charge >= 0.3 is 0 Å². The molecule has 0 bridgehead atoms. The van der Waals surface area contributed by atoms with Crippen LogP contribution in [0.5, 0.6) is 0 Å². The van der Waals surface area contributed by atoms with Gasteiger partial charge in [0.25, 0.3) is 11.8 Å². The van der Waals surface area contributed by atoms with Gasteiger partial charge in [-0.3, -0.25) is 9.59 Å². The van der Waals surface area contributed by atoms with E-state index in [2.05, 4.69) is 17.2 Å². The summed E-state index contributed by atoms with van der Waals surface area (Å²) in [6.07, 6.45) is 3.97. The molecule has 0 radical (unpaired) electrons. The lowest BCUT2D eigenvalue weighted by Crippen LogP contribution is -2.42. The molecule has 2 aromatic rings. The molecule has 2 heterocycles. The lowest BCUT2D eigenvalue weighted by molar-refractivity contribution is 0.0635. The second-order valence-corrected chi connectivity index (χ2v) is 7.48. The summed E-state index contributed by atoms with van der Waals surface area (Å²) in [5, 5.41) is 5.41. The number of aromatic nitrogens is 1. The van der Waals surface area contributed by atoms with Crippen molar-refractivity contribution in [2.24, 2.45) is 5.73 Å². The van der Waals surface area contributed by atoms with E-state index in [9.17, 15) is 9.59 Å². The number of halogens is 1. The molecular formula is C19H25ClN4O2S. The lowest BCUT2D eigenvalue weighted by atomic mass is 10.0. The Kier molecular flexibility index (Phi) is 7.77. The maximum Gasteiger partial charge on any atom is 0.275 e. The van der Waals surface area contributed by atoms with Gasteiger partial charge in [0.2, 0.25) is 0 Å². The first-order valence-electron chi connectivity index (χ1n) is 8.95. The number of hydrogen-bond acceptors (Lipinski definition) is 5. The van der Waals surface area contributed by atoms with Crippen molar-refractivity contribution in [3.05, 3.63) is 45.9 Å². The van der Waals surface area contributed by atoms with Gasteiger partial charge in [-0.15, -0.1) is 23.7 Å². The number of thiazole rings is 1. The summed E-state index contributed by atoms with van der Waals surface area (Å²) in [5.74, 6) is -0.200. The molecule has 1 aliphatic rings. The quantitative estimate of drug-likeness (QED) is 0.794. The van der Waals surface area contributed by atoms with E-state index in [-0.39, 0.29) is 30.3 Å². The first kappa shape index (κ1) is 21.3. The third-order valence-electron chi connectivity index (χ3n) is 4.60. The Morgan fingerprint density at radius 3 is 2.70 bits per heavy atom. The molecule has 1 aromatic carbocycles. The molecule has 1 aliphatic heterocycles. The average molecular weight is 409 g/mol. The molecule has 3 rings (SSSR count). The van der Waals surface area contributed by atoms with E-state index in [4.69, 9.17) is 5.73 Å². The van der Waals surface area contributed by atoms with Crippen LogP contribution in [-0.4, -0.2) is 40.8 Å². The monoisotopic (exact) mass is 408 g/mol. The smallest absolute Gasteiger partial charge is 0.275 e. The van der Waals surface area contributed by atoms with Crippen LogP contribution in [0, 0.1) is 0 Å².